The van der Waals surface area contributed by atoms with Gasteiger partial charge in [-0.2, -0.15) is 13.2 Å². The molecule has 31 heavy (non-hydrogen) atoms. The maximum Gasteiger partial charge on any atom is 0.416 e. The van der Waals surface area contributed by atoms with Crippen LogP contribution in [0.5, 0.6) is 0 Å². The van der Waals surface area contributed by atoms with Gasteiger partial charge in [0, 0.05) is 33.3 Å². The van der Waals surface area contributed by atoms with E-state index in [4.69, 9.17) is 0 Å². The summed E-state index contributed by atoms with van der Waals surface area (Å²) in [5, 5.41) is 6.26. The zero-order valence-electron chi connectivity index (χ0n) is 18.0. The van der Waals surface area contributed by atoms with Crippen molar-refractivity contribution in [1.82, 2.24) is 15.5 Å². The molecule has 0 radical (unpaired) electrons. The van der Waals surface area contributed by atoms with Crippen molar-refractivity contribution >= 4 is 35.8 Å². The van der Waals surface area contributed by atoms with Crippen molar-refractivity contribution < 1.29 is 18.0 Å². The van der Waals surface area contributed by atoms with Gasteiger partial charge in [0.1, 0.15) is 0 Å². The van der Waals surface area contributed by atoms with E-state index < -0.39 is 11.7 Å². The Morgan fingerprint density at radius 3 is 2.42 bits per heavy atom. The number of nitrogens with zero attached hydrogens (tertiary/aromatic N) is 2. The molecule has 1 unspecified atom stereocenters. The molecule has 0 aromatic heterocycles. The second kappa shape index (κ2) is 11.9. The lowest BCUT2D eigenvalue weighted by atomic mass is 10.1. The van der Waals surface area contributed by atoms with Gasteiger partial charge in [0.25, 0.3) is 5.91 Å². The summed E-state index contributed by atoms with van der Waals surface area (Å²) in [6.45, 7) is 2.33. The van der Waals surface area contributed by atoms with Gasteiger partial charge >= 0.3 is 6.18 Å². The molecule has 9 heteroatoms. The lowest BCUT2D eigenvalue weighted by molar-refractivity contribution is -0.137. The minimum atomic E-state index is -4.38. The molecule has 1 atom stereocenters. The molecule has 0 aliphatic carbocycles. The standard InChI is InChI=1S/C22H27F3N4O.HI/c1-15(17-8-6-10-19(14-17)22(23,24)25)28-21(26-2)27-12-11-16-7-5-9-18(13-16)20(30)29(3)4;/h5-10,13-15H,11-12H2,1-4H3,(H2,26,27,28);1H. The number of aliphatic imine (C=N–C) groups is 1. The van der Waals surface area contributed by atoms with Crippen molar-refractivity contribution in [2.45, 2.75) is 25.6 Å². The van der Waals surface area contributed by atoms with Crippen LogP contribution in [0.4, 0.5) is 13.2 Å². The van der Waals surface area contributed by atoms with Crippen LogP contribution in [0, 0.1) is 0 Å². The smallest absolute Gasteiger partial charge is 0.356 e. The predicted octanol–water partition coefficient (Wildman–Crippen LogP) is 4.49. The Balaban J connectivity index is 0.00000480. The fraction of sp³-hybridized carbons (Fsp3) is 0.364. The summed E-state index contributed by atoms with van der Waals surface area (Å²) in [7, 11) is 5.01. The van der Waals surface area contributed by atoms with Crippen molar-refractivity contribution in [2.75, 3.05) is 27.7 Å². The molecule has 0 bridgehead atoms. The van der Waals surface area contributed by atoms with E-state index in [-0.39, 0.29) is 35.9 Å². The number of alkyl halides is 3. The molecule has 0 saturated carbocycles. The Kier molecular flexibility index (Phi) is 10.3. The Labute approximate surface area is 198 Å². The van der Waals surface area contributed by atoms with Crippen molar-refractivity contribution in [2.24, 2.45) is 4.99 Å². The van der Waals surface area contributed by atoms with E-state index in [9.17, 15) is 18.0 Å². The molecule has 1 amide bonds. The van der Waals surface area contributed by atoms with Crippen molar-refractivity contribution in [3.63, 3.8) is 0 Å². The van der Waals surface area contributed by atoms with Crippen LogP contribution in [-0.2, 0) is 12.6 Å². The molecular formula is C22H28F3IN4O. The number of benzene rings is 2. The molecule has 0 fully saturated rings. The Bertz CT molecular complexity index is 900. The lowest BCUT2D eigenvalue weighted by Crippen LogP contribution is -2.39. The number of carbonyl (C=O) groups is 1. The van der Waals surface area contributed by atoms with Crippen LogP contribution < -0.4 is 10.6 Å². The third-order valence-corrected chi connectivity index (χ3v) is 4.58. The van der Waals surface area contributed by atoms with E-state index in [0.29, 0.717) is 30.1 Å². The van der Waals surface area contributed by atoms with E-state index in [2.05, 4.69) is 15.6 Å². The second-order valence-corrected chi connectivity index (χ2v) is 7.14. The Morgan fingerprint density at radius 1 is 1.13 bits per heavy atom. The lowest BCUT2D eigenvalue weighted by Gasteiger charge is -2.19. The highest BCUT2D eigenvalue weighted by atomic mass is 127. The van der Waals surface area contributed by atoms with E-state index >= 15 is 0 Å². The van der Waals surface area contributed by atoms with Gasteiger partial charge in [0.15, 0.2) is 5.96 Å². The van der Waals surface area contributed by atoms with Crippen LogP contribution in [0.2, 0.25) is 0 Å². The normalized spacial score (nSPS) is 12.5. The van der Waals surface area contributed by atoms with Gasteiger partial charge in [-0.25, -0.2) is 0 Å². The minimum Gasteiger partial charge on any atom is -0.356 e. The molecular weight excluding hydrogens is 520 g/mol. The summed E-state index contributed by atoms with van der Waals surface area (Å²) >= 11 is 0. The number of hydrogen-bond donors (Lipinski definition) is 2. The largest absolute Gasteiger partial charge is 0.416 e. The molecule has 2 aromatic rings. The molecule has 2 aromatic carbocycles. The summed E-state index contributed by atoms with van der Waals surface area (Å²) in [6, 6.07) is 12.3. The van der Waals surface area contributed by atoms with E-state index in [1.165, 1.54) is 11.0 Å². The Hall–Kier alpha value is -2.30. The zero-order chi connectivity index (χ0) is 22.3. The number of amides is 1. The summed E-state index contributed by atoms with van der Waals surface area (Å²) < 4.78 is 38.8. The van der Waals surface area contributed by atoms with Crippen LogP contribution in [0.15, 0.2) is 53.5 Å². The first-order chi connectivity index (χ1) is 14.1. The number of nitrogens with one attached hydrogen (secondary N) is 2. The second-order valence-electron chi connectivity index (χ2n) is 7.14. The Morgan fingerprint density at radius 2 is 1.81 bits per heavy atom. The number of hydrogen-bond acceptors (Lipinski definition) is 2. The SMILES string of the molecule is CN=C(NCCc1cccc(C(=O)N(C)C)c1)NC(C)c1cccc(C(F)(F)F)c1.I. The van der Waals surface area contributed by atoms with Crippen LogP contribution in [-0.4, -0.2) is 44.5 Å². The van der Waals surface area contributed by atoms with Gasteiger partial charge in [0.05, 0.1) is 11.6 Å². The molecule has 0 aliphatic heterocycles. The van der Waals surface area contributed by atoms with Gasteiger partial charge in [-0.05, 0) is 48.7 Å². The predicted molar refractivity (Wildman–Crippen MR) is 128 cm³/mol. The highest BCUT2D eigenvalue weighted by Crippen LogP contribution is 2.30. The van der Waals surface area contributed by atoms with E-state index in [0.717, 1.165) is 17.7 Å². The van der Waals surface area contributed by atoms with Gasteiger partial charge in [0.2, 0.25) is 0 Å². The van der Waals surface area contributed by atoms with Crippen LogP contribution >= 0.6 is 24.0 Å². The first kappa shape index (κ1) is 26.7. The van der Waals surface area contributed by atoms with Gasteiger partial charge in [-0.15, -0.1) is 24.0 Å². The van der Waals surface area contributed by atoms with Crippen LogP contribution in [0.1, 0.15) is 40.0 Å². The van der Waals surface area contributed by atoms with Crippen molar-refractivity contribution in [1.29, 1.82) is 0 Å². The molecule has 0 spiro atoms. The topological polar surface area (TPSA) is 56.7 Å². The maximum atomic E-state index is 12.9. The first-order valence-electron chi connectivity index (χ1n) is 9.56. The highest BCUT2D eigenvalue weighted by molar-refractivity contribution is 14.0. The number of halogens is 4. The van der Waals surface area contributed by atoms with Crippen molar-refractivity contribution in [3.8, 4) is 0 Å². The molecule has 0 heterocycles. The average molecular weight is 548 g/mol. The van der Waals surface area contributed by atoms with Crippen LogP contribution in [0.25, 0.3) is 0 Å². The summed E-state index contributed by atoms with van der Waals surface area (Å²) in [5.74, 6) is 0.428. The third kappa shape index (κ3) is 8.04. The molecule has 0 aliphatic rings. The maximum absolute atomic E-state index is 12.9. The zero-order valence-corrected chi connectivity index (χ0v) is 20.3. The molecule has 2 rings (SSSR count). The summed E-state index contributed by atoms with van der Waals surface area (Å²) in [5.41, 5.74) is 1.46. The summed E-state index contributed by atoms with van der Waals surface area (Å²) in [4.78, 5) is 17.7. The fourth-order valence-corrected chi connectivity index (χ4v) is 2.91. The van der Waals surface area contributed by atoms with Gasteiger partial charge in [-0.1, -0.05) is 24.3 Å². The molecule has 0 saturated heterocycles. The van der Waals surface area contributed by atoms with E-state index in [1.807, 2.05) is 18.2 Å². The number of rotatable bonds is 6. The van der Waals surface area contributed by atoms with Crippen LogP contribution in [0.3, 0.4) is 0 Å². The molecule has 170 valence electrons. The fourth-order valence-electron chi connectivity index (χ4n) is 2.91. The van der Waals surface area contributed by atoms with Gasteiger partial charge in [-0.3, -0.25) is 9.79 Å². The first-order valence-corrected chi connectivity index (χ1v) is 9.56. The number of carbonyl (C=O) groups excluding carboxylic acids is 1. The third-order valence-electron chi connectivity index (χ3n) is 4.58. The molecule has 5 nitrogen and oxygen atoms in total. The van der Waals surface area contributed by atoms with Crippen molar-refractivity contribution in [3.05, 3.63) is 70.8 Å². The number of guanidine groups is 1. The monoisotopic (exact) mass is 548 g/mol. The summed E-state index contributed by atoms with van der Waals surface area (Å²) in [6.07, 6.45) is -3.72. The average Bonchev–Trinajstić information content (AvgIpc) is 2.72. The molecule has 2 N–H and O–H groups in total. The van der Waals surface area contributed by atoms with E-state index in [1.54, 1.807) is 40.2 Å². The quantitative estimate of drug-likeness (QED) is 0.318. The minimum absolute atomic E-state index is 0. The van der Waals surface area contributed by atoms with Gasteiger partial charge < -0.3 is 15.5 Å². The highest BCUT2D eigenvalue weighted by Gasteiger charge is 2.30.